The molecule has 1 saturated heterocycles. The second kappa shape index (κ2) is 15.2. The molecule has 10 nitrogen and oxygen atoms in total. The standard InChI is InChI=1S/C36H50O10.Ac/c1-19(2)14-20(3)30(39)33(41)45-27-17-36(43,34(7,8)25(22(27)5)15-21(4)37)31(46-32(40)24-12-10-9-11-13-24)29-23(6)26(38)16-28-35(29,42)18-44-28;/h9-14,20,23,26-31,38-39,42-43H,15-18H2,1-8H3;/t20?,23-,26?,27?,28?,29?,30?,31?,35-,36?;/m0./s1. The molecule has 1 saturated carbocycles. The molecule has 4 N–H and O–H groups in total. The number of Topliss-reactive ketones (excluding diaryl/α,β-unsaturated/α-hetero) is 1. The van der Waals surface area contributed by atoms with Crippen molar-refractivity contribution < 1.29 is 93.1 Å². The molecule has 0 spiro atoms. The van der Waals surface area contributed by atoms with E-state index in [4.69, 9.17) is 14.2 Å². The summed E-state index contributed by atoms with van der Waals surface area (Å²) < 4.78 is 17.8. The van der Waals surface area contributed by atoms with Gasteiger partial charge in [0.25, 0.3) is 0 Å². The third-order valence-electron chi connectivity index (χ3n) is 10.6. The molecule has 2 fully saturated rings. The topological polar surface area (TPSA) is 160 Å². The number of allylic oxidation sites excluding steroid dienone is 1. The van der Waals surface area contributed by atoms with Crippen LogP contribution in [0.5, 0.6) is 0 Å². The Balaban J connectivity index is 0.00000600. The summed E-state index contributed by atoms with van der Waals surface area (Å²) in [5.74, 6) is -4.03. The van der Waals surface area contributed by atoms with E-state index in [0.717, 1.165) is 5.57 Å². The fourth-order valence-corrected chi connectivity index (χ4v) is 7.74. The molecule has 1 aromatic rings. The van der Waals surface area contributed by atoms with Gasteiger partial charge in [-0.2, -0.15) is 0 Å². The first kappa shape index (κ1) is 40.0. The Bertz CT molecular complexity index is 1390. The molecule has 0 amide bonds. The zero-order valence-corrected chi connectivity index (χ0v) is 33.5. The molecule has 1 heterocycles. The number of hydrogen-bond acceptors (Lipinski definition) is 10. The van der Waals surface area contributed by atoms with Gasteiger partial charge in [-0.1, -0.05) is 63.1 Å². The first-order valence-electron chi connectivity index (χ1n) is 16.1. The van der Waals surface area contributed by atoms with Gasteiger partial charge in [0.05, 0.1) is 24.4 Å². The predicted molar refractivity (Wildman–Crippen MR) is 169 cm³/mol. The minimum Gasteiger partial charge on any atom is -0.456 e. The van der Waals surface area contributed by atoms with E-state index in [1.807, 2.05) is 13.8 Å². The smallest absolute Gasteiger partial charge is 0.338 e. The molecule has 2 aliphatic carbocycles. The zero-order valence-electron chi connectivity index (χ0n) is 28.7. The van der Waals surface area contributed by atoms with Crippen LogP contribution >= 0.6 is 0 Å². The van der Waals surface area contributed by atoms with Crippen molar-refractivity contribution in [2.75, 3.05) is 6.61 Å². The van der Waals surface area contributed by atoms with Gasteiger partial charge in [-0.25, -0.2) is 9.59 Å². The van der Waals surface area contributed by atoms with Gasteiger partial charge in [-0.05, 0) is 51.3 Å². The molecule has 257 valence electrons. The second-order valence-corrected chi connectivity index (χ2v) is 14.4. The van der Waals surface area contributed by atoms with Gasteiger partial charge >= 0.3 is 11.9 Å². The maximum absolute atomic E-state index is 13.7. The first-order chi connectivity index (χ1) is 21.3. The molecule has 10 atom stereocenters. The summed E-state index contributed by atoms with van der Waals surface area (Å²) in [7, 11) is 0. The number of carbonyl (C=O) groups excluding carboxylic acids is 3. The number of aliphatic hydroxyl groups excluding tert-OH is 2. The summed E-state index contributed by atoms with van der Waals surface area (Å²) >= 11 is 0. The van der Waals surface area contributed by atoms with Gasteiger partial charge in [0.15, 0.2) is 6.10 Å². The minimum absolute atomic E-state index is 0. The van der Waals surface area contributed by atoms with Gasteiger partial charge < -0.3 is 34.6 Å². The molecule has 1 aromatic carbocycles. The van der Waals surface area contributed by atoms with E-state index in [1.165, 1.54) is 6.92 Å². The Kier molecular flexibility index (Phi) is 12.9. The molecule has 4 rings (SSSR count). The Morgan fingerprint density at radius 3 is 2.26 bits per heavy atom. The molecule has 8 unspecified atom stereocenters. The number of carbonyl (C=O) groups is 3. The molecule has 0 aromatic heterocycles. The summed E-state index contributed by atoms with van der Waals surface area (Å²) in [4.78, 5) is 39.7. The third kappa shape index (κ3) is 7.67. The number of benzene rings is 1. The molecule has 3 aliphatic rings. The maximum atomic E-state index is 13.7. The van der Waals surface area contributed by atoms with Gasteiger partial charge in [0, 0.05) is 80.6 Å². The van der Waals surface area contributed by atoms with Crippen LogP contribution < -0.4 is 0 Å². The van der Waals surface area contributed by atoms with Crippen molar-refractivity contribution >= 4 is 17.7 Å². The quantitative estimate of drug-likeness (QED) is 0.202. The van der Waals surface area contributed by atoms with Crippen molar-refractivity contribution in [3.05, 3.63) is 58.7 Å². The van der Waals surface area contributed by atoms with Crippen molar-refractivity contribution in [1.29, 1.82) is 0 Å². The van der Waals surface area contributed by atoms with E-state index in [9.17, 15) is 34.8 Å². The van der Waals surface area contributed by atoms with Crippen molar-refractivity contribution in [2.24, 2.45) is 23.2 Å². The van der Waals surface area contributed by atoms with E-state index < -0.39 is 76.8 Å². The van der Waals surface area contributed by atoms with E-state index >= 15 is 0 Å². The van der Waals surface area contributed by atoms with Gasteiger partial charge in [-0.3, -0.25) is 4.79 Å². The number of aliphatic hydroxyl groups is 4. The number of hydrogen-bond donors (Lipinski definition) is 4. The molecule has 1 radical (unpaired) electrons. The van der Waals surface area contributed by atoms with E-state index in [1.54, 1.807) is 71.0 Å². The SMILES string of the molecule is CC(=O)CC1=C(C)C(OC(=O)C(O)C(C)C=C(C)C)CC(O)(C(OC(=O)c2ccccc2)C2[C@@H](C)C(O)CC3OC[C@]32O)C1(C)C.[Ac]. The van der Waals surface area contributed by atoms with Crippen molar-refractivity contribution in [1.82, 2.24) is 0 Å². The average molecular weight is 870 g/mol. The number of ketones is 1. The monoisotopic (exact) mass is 869 g/mol. The third-order valence-corrected chi connectivity index (χ3v) is 10.6. The van der Waals surface area contributed by atoms with Crippen molar-refractivity contribution in [3.63, 3.8) is 0 Å². The van der Waals surface area contributed by atoms with Crippen LogP contribution in [0.15, 0.2) is 53.1 Å². The molecule has 11 heteroatoms. The van der Waals surface area contributed by atoms with E-state index in [2.05, 4.69) is 0 Å². The molecule has 0 bridgehead atoms. The van der Waals surface area contributed by atoms with Crippen LogP contribution in [-0.4, -0.2) is 86.5 Å². The average Bonchev–Trinajstić information content (AvgIpc) is 2.98. The van der Waals surface area contributed by atoms with Crippen LogP contribution in [0.3, 0.4) is 0 Å². The molecular formula is C36H50AcO10. The van der Waals surface area contributed by atoms with Crippen LogP contribution in [0.25, 0.3) is 0 Å². The van der Waals surface area contributed by atoms with Crippen LogP contribution in [-0.2, 0) is 23.8 Å². The second-order valence-electron chi connectivity index (χ2n) is 14.4. The van der Waals surface area contributed by atoms with Gasteiger partial charge in [-0.15, -0.1) is 0 Å². The summed E-state index contributed by atoms with van der Waals surface area (Å²) in [6.07, 6.45) is -4.13. The summed E-state index contributed by atoms with van der Waals surface area (Å²) in [5, 5.41) is 47.0. The van der Waals surface area contributed by atoms with Gasteiger partial charge in [0.2, 0.25) is 0 Å². The normalized spacial score (nSPS) is 33.1. The number of esters is 2. The fraction of sp³-hybridized carbons (Fsp3) is 0.639. The predicted octanol–water partition coefficient (Wildman–Crippen LogP) is 3.69. The zero-order chi connectivity index (χ0) is 34.4. The van der Waals surface area contributed by atoms with Crippen molar-refractivity contribution in [2.45, 2.75) is 116 Å². The first-order valence-corrected chi connectivity index (χ1v) is 16.1. The van der Waals surface area contributed by atoms with Crippen LogP contribution in [0.2, 0.25) is 0 Å². The molecule has 47 heavy (non-hydrogen) atoms. The molecular weight excluding hydrogens is 819 g/mol. The Hall–Kier alpha value is -1.45. The number of fused-ring (bicyclic) bond motifs is 1. The Labute approximate surface area is 313 Å². The van der Waals surface area contributed by atoms with Crippen LogP contribution in [0.1, 0.15) is 85.0 Å². The van der Waals surface area contributed by atoms with E-state index in [-0.39, 0.29) is 81.3 Å². The summed E-state index contributed by atoms with van der Waals surface area (Å²) in [6, 6.07) is 8.25. The molecule has 1 aliphatic heterocycles. The summed E-state index contributed by atoms with van der Waals surface area (Å²) in [6.45, 7) is 13.7. The fourth-order valence-electron chi connectivity index (χ4n) is 7.74. The Morgan fingerprint density at radius 2 is 1.72 bits per heavy atom. The van der Waals surface area contributed by atoms with E-state index in [0.29, 0.717) is 11.1 Å². The Morgan fingerprint density at radius 1 is 1.11 bits per heavy atom. The maximum Gasteiger partial charge on any atom is 0.338 e. The number of rotatable bonds is 10. The number of ether oxygens (including phenoxy) is 3. The van der Waals surface area contributed by atoms with Crippen LogP contribution in [0.4, 0.5) is 0 Å². The van der Waals surface area contributed by atoms with Gasteiger partial charge in [0.1, 0.15) is 29.2 Å². The van der Waals surface area contributed by atoms with Crippen molar-refractivity contribution in [3.8, 4) is 0 Å². The summed E-state index contributed by atoms with van der Waals surface area (Å²) in [5.41, 5.74) is -2.64. The largest absolute Gasteiger partial charge is 0.456 e. The minimum atomic E-state index is -2.03. The van der Waals surface area contributed by atoms with Crippen LogP contribution in [0, 0.1) is 67.2 Å².